The number of hydrogen-bond donors (Lipinski definition) is 0. The molecular weight excluding hydrogens is 348 g/mol. The Morgan fingerprint density at radius 2 is 1.41 bits per heavy atom. The molecule has 0 aromatic carbocycles. The van der Waals surface area contributed by atoms with E-state index in [9.17, 15) is 0 Å². The summed E-state index contributed by atoms with van der Waals surface area (Å²) >= 11 is 0. The normalized spacial score (nSPS) is 20.8. The molecule has 0 aromatic rings. The quantitative estimate of drug-likeness (QED) is 0.380. The van der Waals surface area contributed by atoms with Crippen molar-refractivity contribution in [3.05, 3.63) is 108 Å². The molecule has 0 spiro atoms. The summed E-state index contributed by atoms with van der Waals surface area (Å²) in [4.78, 5) is 0. The SMILES string of the molecule is C=C/C(C)=C/C=C/C=C/C=C/C=C(C)/C=C/C1=C(C)C(=C)C(C)CC1(C)C.CC. The van der Waals surface area contributed by atoms with E-state index in [1.54, 1.807) is 0 Å². The molecule has 0 amide bonds. The Labute approximate surface area is 181 Å². The van der Waals surface area contributed by atoms with Crippen LogP contribution in [0.3, 0.4) is 0 Å². The lowest BCUT2D eigenvalue weighted by atomic mass is 9.67. The van der Waals surface area contributed by atoms with E-state index >= 15 is 0 Å². The van der Waals surface area contributed by atoms with Gasteiger partial charge in [-0.05, 0) is 55.2 Å². The summed E-state index contributed by atoms with van der Waals surface area (Å²) in [6.45, 7) is 25.3. The zero-order valence-corrected chi connectivity index (χ0v) is 20.0. The van der Waals surface area contributed by atoms with Crippen LogP contribution in [0.15, 0.2) is 108 Å². The third-order valence-electron chi connectivity index (χ3n) is 5.13. The minimum Gasteiger partial charge on any atom is -0.0988 e. The molecule has 1 unspecified atom stereocenters. The summed E-state index contributed by atoms with van der Waals surface area (Å²) in [5.74, 6) is 0.564. The third-order valence-corrected chi connectivity index (χ3v) is 5.13. The van der Waals surface area contributed by atoms with Crippen molar-refractivity contribution in [1.29, 1.82) is 0 Å². The summed E-state index contributed by atoms with van der Waals surface area (Å²) in [5.41, 5.74) is 6.64. The standard InChI is InChI=1S/C27H36.C2H6/c1-9-21(2)16-14-12-10-11-13-15-17-22(3)18-19-26-25(6)24(5)23(4)20-27(26,7)8;1-2/h9-19,23H,1,5,20H2,2-4,6-8H3;1-2H3/b11-10+,14-12+,15-13+,19-18+,21-16+,22-17+;. The smallest absolute Gasteiger partial charge is 0.00951 e. The maximum atomic E-state index is 4.29. The van der Waals surface area contributed by atoms with Crippen LogP contribution in [-0.4, -0.2) is 0 Å². The first-order valence-corrected chi connectivity index (χ1v) is 10.7. The molecule has 0 bridgehead atoms. The fourth-order valence-electron chi connectivity index (χ4n) is 3.41. The van der Waals surface area contributed by atoms with Gasteiger partial charge in [-0.3, -0.25) is 0 Å². The molecule has 0 fully saturated rings. The monoisotopic (exact) mass is 390 g/mol. The molecule has 0 saturated heterocycles. The van der Waals surface area contributed by atoms with E-state index in [4.69, 9.17) is 0 Å². The van der Waals surface area contributed by atoms with Gasteiger partial charge >= 0.3 is 0 Å². The fourth-order valence-corrected chi connectivity index (χ4v) is 3.41. The van der Waals surface area contributed by atoms with Gasteiger partial charge in [0.15, 0.2) is 0 Å². The van der Waals surface area contributed by atoms with Gasteiger partial charge in [-0.25, -0.2) is 0 Å². The van der Waals surface area contributed by atoms with Crippen molar-refractivity contribution >= 4 is 0 Å². The molecule has 0 N–H and O–H groups in total. The molecule has 0 heteroatoms. The highest BCUT2D eigenvalue weighted by molar-refractivity contribution is 5.46. The second kappa shape index (κ2) is 13.8. The first kappa shape index (κ1) is 26.7. The molecule has 0 radical (unpaired) electrons. The summed E-state index contributed by atoms with van der Waals surface area (Å²) in [6, 6.07) is 0. The van der Waals surface area contributed by atoms with Crippen LogP contribution >= 0.6 is 0 Å². The Morgan fingerprint density at radius 1 is 0.931 bits per heavy atom. The van der Waals surface area contributed by atoms with Crippen LogP contribution in [-0.2, 0) is 0 Å². The summed E-state index contributed by atoms with van der Waals surface area (Å²) in [7, 11) is 0. The maximum Gasteiger partial charge on any atom is -0.00951 e. The minimum atomic E-state index is 0.199. The Bertz CT molecular complexity index is 752. The first-order chi connectivity index (χ1) is 13.7. The van der Waals surface area contributed by atoms with Crippen LogP contribution in [0.4, 0.5) is 0 Å². The van der Waals surface area contributed by atoms with Gasteiger partial charge in [0, 0.05) is 0 Å². The van der Waals surface area contributed by atoms with Crippen molar-refractivity contribution in [2.45, 2.75) is 61.8 Å². The van der Waals surface area contributed by atoms with Gasteiger partial charge < -0.3 is 0 Å². The Hall–Kier alpha value is -2.34. The van der Waals surface area contributed by atoms with Crippen LogP contribution in [0.1, 0.15) is 61.8 Å². The zero-order valence-electron chi connectivity index (χ0n) is 20.0. The second-order valence-electron chi connectivity index (χ2n) is 8.07. The van der Waals surface area contributed by atoms with Crippen LogP contribution in [0.25, 0.3) is 0 Å². The van der Waals surface area contributed by atoms with Gasteiger partial charge in [-0.1, -0.05) is 126 Å². The van der Waals surface area contributed by atoms with Crippen LogP contribution in [0.5, 0.6) is 0 Å². The zero-order chi connectivity index (χ0) is 22.4. The van der Waals surface area contributed by atoms with Crippen molar-refractivity contribution in [3.8, 4) is 0 Å². The lowest BCUT2D eigenvalue weighted by Crippen LogP contribution is -2.25. The summed E-state index contributed by atoms with van der Waals surface area (Å²) < 4.78 is 0. The highest BCUT2D eigenvalue weighted by atomic mass is 14.4. The molecule has 1 atom stereocenters. The van der Waals surface area contributed by atoms with Crippen LogP contribution in [0.2, 0.25) is 0 Å². The molecule has 158 valence electrons. The number of allylic oxidation sites excluding steroid dienone is 16. The Morgan fingerprint density at radius 3 is 1.93 bits per heavy atom. The first-order valence-electron chi connectivity index (χ1n) is 10.7. The lowest BCUT2D eigenvalue weighted by Gasteiger charge is -2.38. The molecule has 1 rings (SSSR count). The Balaban J connectivity index is 0.00000379. The van der Waals surface area contributed by atoms with Crippen molar-refractivity contribution in [2.75, 3.05) is 0 Å². The van der Waals surface area contributed by atoms with Gasteiger partial charge in [0.05, 0.1) is 0 Å². The summed E-state index contributed by atoms with van der Waals surface area (Å²) in [5, 5.41) is 0. The molecular formula is C29H42. The van der Waals surface area contributed by atoms with Crippen molar-refractivity contribution in [3.63, 3.8) is 0 Å². The topological polar surface area (TPSA) is 0 Å². The highest BCUT2D eigenvalue weighted by Crippen LogP contribution is 2.45. The van der Waals surface area contributed by atoms with E-state index in [0.29, 0.717) is 5.92 Å². The average Bonchev–Trinajstić information content (AvgIpc) is 2.69. The molecule has 29 heavy (non-hydrogen) atoms. The van der Waals surface area contributed by atoms with Gasteiger partial charge in [0.1, 0.15) is 0 Å². The fraction of sp³-hybridized carbons (Fsp3) is 0.379. The second-order valence-corrected chi connectivity index (χ2v) is 8.07. The van der Waals surface area contributed by atoms with Gasteiger partial charge in [-0.2, -0.15) is 0 Å². The number of hydrogen-bond acceptors (Lipinski definition) is 0. The average molecular weight is 391 g/mol. The molecule has 0 aromatic heterocycles. The van der Waals surface area contributed by atoms with Gasteiger partial charge in [0.25, 0.3) is 0 Å². The van der Waals surface area contributed by atoms with E-state index in [1.807, 2.05) is 63.3 Å². The van der Waals surface area contributed by atoms with Crippen molar-refractivity contribution in [1.82, 2.24) is 0 Å². The van der Waals surface area contributed by atoms with Gasteiger partial charge in [-0.15, -0.1) is 0 Å². The molecule has 0 nitrogen and oxygen atoms in total. The Kier molecular flexibility index (Phi) is 12.7. The van der Waals surface area contributed by atoms with E-state index in [0.717, 1.165) is 12.0 Å². The number of rotatable bonds is 7. The lowest BCUT2D eigenvalue weighted by molar-refractivity contribution is 0.344. The van der Waals surface area contributed by atoms with Gasteiger partial charge in [0.2, 0.25) is 0 Å². The minimum absolute atomic E-state index is 0.199. The van der Waals surface area contributed by atoms with E-state index in [1.165, 1.54) is 22.3 Å². The molecule has 1 aliphatic carbocycles. The van der Waals surface area contributed by atoms with E-state index in [-0.39, 0.29) is 5.41 Å². The molecule has 1 aliphatic rings. The summed E-state index contributed by atoms with van der Waals surface area (Å²) in [6.07, 6.45) is 23.9. The van der Waals surface area contributed by atoms with Crippen molar-refractivity contribution < 1.29 is 0 Å². The van der Waals surface area contributed by atoms with Crippen molar-refractivity contribution in [2.24, 2.45) is 11.3 Å². The molecule has 0 heterocycles. The predicted molar refractivity (Wildman–Crippen MR) is 135 cm³/mol. The van der Waals surface area contributed by atoms with E-state index in [2.05, 4.69) is 72.1 Å². The molecule has 0 saturated carbocycles. The van der Waals surface area contributed by atoms with Crippen LogP contribution < -0.4 is 0 Å². The predicted octanol–water partition coefficient (Wildman–Crippen LogP) is 9.25. The van der Waals surface area contributed by atoms with E-state index < -0.39 is 0 Å². The largest absolute Gasteiger partial charge is 0.0988 e. The highest BCUT2D eigenvalue weighted by Gasteiger charge is 2.32. The molecule has 0 aliphatic heterocycles. The third kappa shape index (κ3) is 9.61. The maximum absolute atomic E-state index is 4.29. The van der Waals surface area contributed by atoms with Crippen LogP contribution in [0, 0.1) is 11.3 Å².